The van der Waals surface area contributed by atoms with Gasteiger partial charge in [-0.1, -0.05) is 12.5 Å². The van der Waals surface area contributed by atoms with Crippen LogP contribution in [0, 0.1) is 0 Å². The van der Waals surface area contributed by atoms with E-state index in [-0.39, 0.29) is 28.1 Å². The standard InChI is InChI=1S/C18H21F3N2O4S3/c19-18(20,21)14-6-8-16(9-7-14)29(24,25)22-11-10-15-4-1-2-12-23(15)30(26,27)17-5-3-13-28-17/h3,5-9,13,15,22H,1-2,4,10-12H2. The van der Waals surface area contributed by atoms with Crippen molar-refractivity contribution in [1.82, 2.24) is 9.03 Å². The van der Waals surface area contributed by atoms with Gasteiger partial charge in [-0.2, -0.15) is 17.5 Å². The molecule has 0 amide bonds. The molecule has 30 heavy (non-hydrogen) atoms. The summed E-state index contributed by atoms with van der Waals surface area (Å²) in [5.74, 6) is 0. The maximum atomic E-state index is 12.9. The molecule has 1 unspecified atom stereocenters. The van der Waals surface area contributed by atoms with Crippen LogP contribution in [0.25, 0.3) is 0 Å². The van der Waals surface area contributed by atoms with E-state index >= 15 is 0 Å². The predicted octanol–water partition coefficient (Wildman–Crippen LogP) is 3.68. The third-order valence-corrected chi connectivity index (χ3v) is 9.69. The molecule has 1 atom stereocenters. The molecule has 0 spiro atoms. The van der Waals surface area contributed by atoms with E-state index in [1.54, 1.807) is 17.5 Å². The van der Waals surface area contributed by atoms with Crippen LogP contribution >= 0.6 is 11.3 Å². The molecule has 0 radical (unpaired) electrons. The number of sulfonamides is 2. The van der Waals surface area contributed by atoms with Gasteiger partial charge in [0.1, 0.15) is 4.21 Å². The van der Waals surface area contributed by atoms with Crippen molar-refractivity contribution < 1.29 is 30.0 Å². The number of nitrogens with one attached hydrogen (secondary N) is 1. The van der Waals surface area contributed by atoms with Crippen LogP contribution in [0.15, 0.2) is 50.9 Å². The number of hydrogen-bond acceptors (Lipinski definition) is 5. The van der Waals surface area contributed by atoms with E-state index in [2.05, 4.69) is 4.72 Å². The Morgan fingerprint density at radius 3 is 2.37 bits per heavy atom. The Labute approximate surface area is 177 Å². The highest BCUT2D eigenvalue weighted by molar-refractivity contribution is 7.91. The van der Waals surface area contributed by atoms with Crippen LogP contribution in [0.2, 0.25) is 0 Å². The van der Waals surface area contributed by atoms with Gasteiger partial charge in [-0.25, -0.2) is 21.6 Å². The van der Waals surface area contributed by atoms with Crippen LogP contribution in [-0.2, 0) is 26.2 Å². The molecule has 1 N–H and O–H groups in total. The quantitative estimate of drug-likeness (QED) is 0.653. The lowest BCUT2D eigenvalue weighted by Crippen LogP contribution is -2.44. The number of alkyl halides is 3. The van der Waals surface area contributed by atoms with Gasteiger partial charge in [-0.15, -0.1) is 11.3 Å². The summed E-state index contributed by atoms with van der Waals surface area (Å²) in [6.07, 6.45) is -2.09. The molecule has 0 bridgehead atoms. The van der Waals surface area contributed by atoms with Crippen molar-refractivity contribution in [3.05, 3.63) is 47.3 Å². The van der Waals surface area contributed by atoms with E-state index in [4.69, 9.17) is 0 Å². The first-order valence-corrected chi connectivity index (χ1v) is 13.0. The smallest absolute Gasteiger partial charge is 0.211 e. The second-order valence-corrected chi connectivity index (χ2v) is 11.7. The van der Waals surface area contributed by atoms with Gasteiger partial charge >= 0.3 is 6.18 Å². The van der Waals surface area contributed by atoms with Crippen LogP contribution in [-0.4, -0.2) is 40.3 Å². The third-order valence-electron chi connectivity index (χ3n) is 4.89. The van der Waals surface area contributed by atoms with Gasteiger partial charge in [0.2, 0.25) is 10.0 Å². The van der Waals surface area contributed by atoms with Crippen molar-refractivity contribution in [3.63, 3.8) is 0 Å². The van der Waals surface area contributed by atoms with Crippen molar-refractivity contribution in [3.8, 4) is 0 Å². The van der Waals surface area contributed by atoms with Gasteiger partial charge in [0.15, 0.2) is 0 Å². The predicted molar refractivity (Wildman–Crippen MR) is 107 cm³/mol. The molecule has 2 heterocycles. The number of thiophene rings is 1. The van der Waals surface area contributed by atoms with Crippen LogP contribution in [0.4, 0.5) is 13.2 Å². The van der Waals surface area contributed by atoms with E-state index in [0.29, 0.717) is 25.1 Å². The van der Waals surface area contributed by atoms with Crippen molar-refractivity contribution in [2.45, 2.75) is 47.0 Å². The Morgan fingerprint density at radius 1 is 1.07 bits per heavy atom. The molecule has 6 nitrogen and oxygen atoms in total. The second kappa shape index (κ2) is 8.95. The molecule has 166 valence electrons. The van der Waals surface area contributed by atoms with E-state index in [1.807, 2.05) is 0 Å². The molecule has 0 saturated carbocycles. The fraction of sp³-hybridized carbons (Fsp3) is 0.444. The summed E-state index contributed by atoms with van der Waals surface area (Å²) in [5, 5.41) is 1.68. The number of piperidine rings is 1. The normalized spacial score (nSPS) is 19.1. The first kappa shape index (κ1) is 23.2. The first-order chi connectivity index (χ1) is 14.0. The molecule has 3 rings (SSSR count). The molecule has 1 saturated heterocycles. The van der Waals surface area contributed by atoms with Gasteiger partial charge in [0.05, 0.1) is 10.5 Å². The summed E-state index contributed by atoms with van der Waals surface area (Å²) in [5.41, 5.74) is -0.932. The highest BCUT2D eigenvalue weighted by atomic mass is 32.2. The average molecular weight is 483 g/mol. The Bertz CT molecular complexity index is 1050. The Kier molecular flexibility index (Phi) is 6.92. The zero-order valence-corrected chi connectivity index (χ0v) is 18.2. The molecule has 12 heteroatoms. The zero-order valence-electron chi connectivity index (χ0n) is 15.8. The third kappa shape index (κ3) is 5.22. The SMILES string of the molecule is O=S(=O)(NCCC1CCCCN1S(=O)(=O)c1cccs1)c1ccc(C(F)(F)F)cc1. The van der Waals surface area contributed by atoms with Crippen molar-refractivity contribution >= 4 is 31.4 Å². The summed E-state index contributed by atoms with van der Waals surface area (Å²) in [6.45, 7) is 0.348. The minimum Gasteiger partial charge on any atom is -0.211 e. The molecule has 0 aliphatic carbocycles. The molecule has 1 aliphatic heterocycles. The summed E-state index contributed by atoms with van der Waals surface area (Å²) < 4.78 is 92.4. The van der Waals surface area contributed by atoms with Crippen LogP contribution in [0.1, 0.15) is 31.2 Å². The Hall–Kier alpha value is -1.47. The van der Waals surface area contributed by atoms with Crippen molar-refractivity contribution in [1.29, 1.82) is 0 Å². The van der Waals surface area contributed by atoms with Crippen LogP contribution < -0.4 is 4.72 Å². The van der Waals surface area contributed by atoms with Gasteiger partial charge in [-0.05, 0) is 55.0 Å². The molecule has 1 fully saturated rings. The van der Waals surface area contributed by atoms with Gasteiger partial charge in [0.25, 0.3) is 10.0 Å². The van der Waals surface area contributed by atoms with E-state index in [0.717, 1.165) is 36.3 Å². The largest absolute Gasteiger partial charge is 0.416 e. The average Bonchev–Trinajstić information content (AvgIpc) is 3.23. The monoisotopic (exact) mass is 482 g/mol. The minimum absolute atomic E-state index is 0.0233. The number of halogens is 3. The van der Waals surface area contributed by atoms with E-state index < -0.39 is 31.8 Å². The summed E-state index contributed by atoms with van der Waals surface area (Å²) >= 11 is 1.13. The molecule has 2 aromatic rings. The lowest BCUT2D eigenvalue weighted by atomic mass is 10.0. The summed E-state index contributed by atoms with van der Waals surface area (Å²) in [6, 6.07) is 6.09. The number of rotatable bonds is 7. The van der Waals surface area contributed by atoms with E-state index in [9.17, 15) is 30.0 Å². The molecular weight excluding hydrogens is 461 g/mol. The fourth-order valence-electron chi connectivity index (χ4n) is 3.37. The molecular formula is C18H21F3N2O4S3. The van der Waals surface area contributed by atoms with Crippen molar-refractivity contribution in [2.75, 3.05) is 13.1 Å². The highest BCUT2D eigenvalue weighted by Gasteiger charge is 2.34. The maximum Gasteiger partial charge on any atom is 0.416 e. The topological polar surface area (TPSA) is 83.6 Å². The van der Waals surface area contributed by atoms with Gasteiger partial charge in [-0.3, -0.25) is 0 Å². The highest BCUT2D eigenvalue weighted by Crippen LogP contribution is 2.30. The second-order valence-electron chi connectivity index (χ2n) is 6.91. The lowest BCUT2D eigenvalue weighted by molar-refractivity contribution is -0.137. The van der Waals surface area contributed by atoms with Gasteiger partial charge < -0.3 is 0 Å². The fourth-order valence-corrected chi connectivity index (χ4v) is 7.26. The summed E-state index contributed by atoms with van der Waals surface area (Å²) in [4.78, 5) is -0.276. The number of nitrogens with zero attached hydrogens (tertiary/aromatic N) is 1. The molecule has 1 aromatic heterocycles. The van der Waals surface area contributed by atoms with Gasteiger partial charge in [0, 0.05) is 19.1 Å². The summed E-state index contributed by atoms with van der Waals surface area (Å²) in [7, 11) is -7.64. The Balaban J connectivity index is 1.65. The van der Waals surface area contributed by atoms with Crippen LogP contribution in [0.3, 0.4) is 0 Å². The van der Waals surface area contributed by atoms with E-state index in [1.165, 1.54) is 4.31 Å². The number of benzene rings is 1. The minimum atomic E-state index is -4.55. The Morgan fingerprint density at radius 2 is 1.77 bits per heavy atom. The lowest BCUT2D eigenvalue weighted by Gasteiger charge is -2.34. The molecule has 1 aliphatic rings. The van der Waals surface area contributed by atoms with Crippen molar-refractivity contribution in [2.24, 2.45) is 0 Å². The first-order valence-electron chi connectivity index (χ1n) is 9.24. The number of hydrogen-bond donors (Lipinski definition) is 1. The van der Waals surface area contributed by atoms with Crippen LogP contribution in [0.5, 0.6) is 0 Å². The zero-order chi connectivity index (χ0) is 22.0. The maximum absolute atomic E-state index is 12.9. The molecule has 1 aromatic carbocycles.